The van der Waals surface area contributed by atoms with Crippen molar-refractivity contribution in [1.29, 1.82) is 0 Å². The first-order valence-electron chi connectivity index (χ1n) is 10.4. The van der Waals surface area contributed by atoms with Crippen LogP contribution in [-0.4, -0.2) is 29.6 Å². The Morgan fingerprint density at radius 1 is 1.00 bits per heavy atom. The fourth-order valence-corrected chi connectivity index (χ4v) is 6.02. The quantitative estimate of drug-likeness (QED) is 0.355. The third-order valence-electron chi connectivity index (χ3n) is 5.44. The molecule has 0 bridgehead atoms. The number of hydrogen-bond acceptors (Lipinski definition) is 5. The van der Waals surface area contributed by atoms with E-state index in [1.807, 2.05) is 54.9 Å². The maximum absolute atomic E-state index is 12.0. The van der Waals surface area contributed by atoms with Crippen molar-refractivity contribution < 1.29 is 13.5 Å². The Kier molecular flexibility index (Phi) is 6.03. The van der Waals surface area contributed by atoms with E-state index in [1.165, 1.54) is 17.6 Å². The molecule has 0 amide bonds. The molecular formula is C25H25ClN2O3S2. The molecular weight excluding hydrogens is 476 g/mol. The summed E-state index contributed by atoms with van der Waals surface area (Å²) in [7, 11) is -3.31. The lowest BCUT2D eigenvalue weighted by Gasteiger charge is -2.14. The van der Waals surface area contributed by atoms with Crippen LogP contribution in [0.2, 0.25) is 5.02 Å². The highest BCUT2D eigenvalue weighted by Crippen LogP contribution is 2.43. The molecule has 33 heavy (non-hydrogen) atoms. The number of nitrogens with zero attached hydrogens (tertiary/aromatic N) is 2. The normalized spacial score (nSPS) is 12.3. The number of thiophene rings is 1. The highest BCUT2D eigenvalue weighted by atomic mass is 35.5. The van der Waals surface area contributed by atoms with E-state index < -0.39 is 15.4 Å². The van der Waals surface area contributed by atoms with Crippen LogP contribution in [0.1, 0.15) is 30.7 Å². The minimum atomic E-state index is -3.31. The number of aliphatic hydroxyl groups is 1. The second kappa shape index (κ2) is 8.40. The van der Waals surface area contributed by atoms with Crippen LogP contribution >= 0.6 is 22.9 Å². The van der Waals surface area contributed by atoms with Gasteiger partial charge in [0.15, 0.2) is 9.84 Å². The summed E-state index contributed by atoms with van der Waals surface area (Å²) in [5, 5.41) is 15.8. The summed E-state index contributed by atoms with van der Waals surface area (Å²) in [4.78, 5) is 2.05. The Morgan fingerprint density at radius 3 is 2.21 bits per heavy atom. The zero-order chi connectivity index (χ0) is 24.1. The minimum Gasteiger partial charge on any atom is -0.384 e. The summed E-state index contributed by atoms with van der Waals surface area (Å²) in [6.07, 6.45) is 1.20. The average molecular weight is 501 g/mol. The maximum atomic E-state index is 12.0. The number of para-hydroxylation sites is 1. The van der Waals surface area contributed by atoms with Gasteiger partial charge in [-0.1, -0.05) is 41.9 Å². The van der Waals surface area contributed by atoms with E-state index in [-0.39, 0.29) is 4.90 Å². The molecule has 0 unspecified atom stereocenters. The fraction of sp³-hybridized carbons (Fsp3) is 0.240. The zero-order valence-electron chi connectivity index (χ0n) is 19.0. The molecule has 8 heteroatoms. The summed E-state index contributed by atoms with van der Waals surface area (Å²) >= 11 is 8.32. The molecule has 0 aliphatic carbocycles. The number of rotatable bonds is 5. The van der Waals surface area contributed by atoms with Gasteiger partial charge in [0.05, 0.1) is 20.5 Å². The molecule has 0 radical (unpaired) electrons. The molecule has 0 aliphatic heterocycles. The molecule has 4 aromatic rings. The predicted octanol–water partition coefficient (Wildman–Crippen LogP) is 6.17. The Hall–Kier alpha value is -2.45. The van der Waals surface area contributed by atoms with Gasteiger partial charge in [0, 0.05) is 11.1 Å². The smallest absolute Gasteiger partial charge is 0.175 e. The first-order valence-corrected chi connectivity index (χ1v) is 13.4. The van der Waals surface area contributed by atoms with Crippen molar-refractivity contribution in [3.63, 3.8) is 0 Å². The van der Waals surface area contributed by atoms with E-state index in [2.05, 4.69) is 0 Å². The Bertz CT molecular complexity index is 1440. The van der Waals surface area contributed by atoms with Gasteiger partial charge in [-0.25, -0.2) is 13.1 Å². The number of aromatic nitrogens is 2. The van der Waals surface area contributed by atoms with Crippen molar-refractivity contribution in [1.82, 2.24) is 9.78 Å². The highest BCUT2D eigenvalue weighted by molar-refractivity contribution is 7.90. The molecule has 2 heterocycles. The molecule has 0 atom stereocenters. The van der Waals surface area contributed by atoms with E-state index in [0.29, 0.717) is 16.4 Å². The topological polar surface area (TPSA) is 72.2 Å². The van der Waals surface area contributed by atoms with E-state index >= 15 is 0 Å². The van der Waals surface area contributed by atoms with Crippen LogP contribution < -0.4 is 0 Å². The molecule has 5 nitrogen and oxygen atoms in total. The molecule has 1 N–H and O–H groups in total. The molecule has 0 aliphatic rings. The monoisotopic (exact) mass is 500 g/mol. The highest BCUT2D eigenvalue weighted by Gasteiger charge is 2.30. The Balaban J connectivity index is 1.93. The standard InChI is InChI=1S/C25H25ClN2O3S2/c1-15-8-6-9-16(2)22(15)28-23(21(26)24(27-28)25(3,4)29)20-13-12-19(32-20)17-10-7-11-18(14-17)33(5,30)31/h6-14,29H,1-5H3. The second-order valence-corrected chi connectivity index (χ2v) is 12.2. The van der Waals surface area contributed by atoms with E-state index in [4.69, 9.17) is 16.7 Å². The first kappa shape index (κ1) is 23.7. The van der Waals surface area contributed by atoms with Crippen LogP contribution in [0.3, 0.4) is 0 Å². The van der Waals surface area contributed by atoms with Crippen LogP contribution in [0, 0.1) is 13.8 Å². The van der Waals surface area contributed by atoms with E-state index in [1.54, 1.807) is 32.0 Å². The lowest BCUT2D eigenvalue weighted by Crippen LogP contribution is -2.17. The third-order valence-corrected chi connectivity index (χ3v) is 8.05. The van der Waals surface area contributed by atoms with Gasteiger partial charge in [-0.05, 0) is 68.7 Å². The first-order chi connectivity index (χ1) is 15.4. The van der Waals surface area contributed by atoms with Crippen molar-refractivity contribution in [2.75, 3.05) is 6.26 Å². The van der Waals surface area contributed by atoms with Gasteiger partial charge in [0.2, 0.25) is 0 Å². The minimum absolute atomic E-state index is 0.276. The Morgan fingerprint density at radius 2 is 1.61 bits per heavy atom. The van der Waals surface area contributed by atoms with Gasteiger partial charge in [-0.15, -0.1) is 11.3 Å². The molecule has 0 spiro atoms. The van der Waals surface area contributed by atoms with Gasteiger partial charge in [0.1, 0.15) is 17.0 Å². The van der Waals surface area contributed by atoms with Crippen molar-refractivity contribution in [2.24, 2.45) is 0 Å². The SMILES string of the molecule is Cc1cccc(C)c1-n1nc(C(C)(C)O)c(Cl)c1-c1ccc(-c2cccc(S(C)(=O)=O)c2)s1. The molecule has 0 saturated carbocycles. The average Bonchev–Trinajstić information content (AvgIpc) is 3.32. The van der Waals surface area contributed by atoms with Gasteiger partial charge in [0.25, 0.3) is 0 Å². The summed E-state index contributed by atoms with van der Waals surface area (Å²) in [6.45, 7) is 7.36. The summed E-state index contributed by atoms with van der Waals surface area (Å²) < 4.78 is 25.8. The molecule has 2 aromatic heterocycles. The number of benzene rings is 2. The van der Waals surface area contributed by atoms with Gasteiger partial charge in [-0.3, -0.25) is 0 Å². The van der Waals surface area contributed by atoms with Crippen LogP contribution in [0.5, 0.6) is 0 Å². The second-order valence-electron chi connectivity index (χ2n) is 8.69. The van der Waals surface area contributed by atoms with Gasteiger partial charge >= 0.3 is 0 Å². The van der Waals surface area contributed by atoms with Gasteiger partial charge < -0.3 is 5.11 Å². The lowest BCUT2D eigenvalue weighted by molar-refractivity contribution is 0.0735. The molecule has 172 valence electrons. The van der Waals surface area contributed by atoms with Crippen LogP contribution in [0.25, 0.3) is 26.7 Å². The fourth-order valence-electron chi connectivity index (χ4n) is 3.80. The van der Waals surface area contributed by atoms with Crippen molar-refractivity contribution >= 4 is 32.8 Å². The van der Waals surface area contributed by atoms with Crippen molar-refractivity contribution in [2.45, 2.75) is 38.2 Å². The summed E-state index contributed by atoms with van der Waals surface area (Å²) in [5.74, 6) is 0. The molecule has 4 rings (SSSR count). The van der Waals surface area contributed by atoms with Crippen LogP contribution in [0.4, 0.5) is 0 Å². The number of hydrogen-bond donors (Lipinski definition) is 1. The third kappa shape index (κ3) is 4.51. The summed E-state index contributed by atoms with van der Waals surface area (Å²) in [5.41, 5.74) is 3.67. The van der Waals surface area contributed by atoms with Crippen molar-refractivity contribution in [3.05, 3.63) is 76.4 Å². The van der Waals surface area contributed by atoms with E-state index in [9.17, 15) is 13.5 Å². The van der Waals surface area contributed by atoms with Crippen LogP contribution in [-0.2, 0) is 15.4 Å². The van der Waals surface area contributed by atoms with E-state index in [0.717, 1.165) is 32.1 Å². The number of sulfone groups is 1. The zero-order valence-corrected chi connectivity index (χ0v) is 21.4. The largest absolute Gasteiger partial charge is 0.384 e. The molecule has 0 saturated heterocycles. The predicted molar refractivity (Wildman–Crippen MR) is 135 cm³/mol. The number of aryl methyl sites for hydroxylation is 2. The summed E-state index contributed by atoms with van der Waals surface area (Å²) in [6, 6.07) is 16.8. The van der Waals surface area contributed by atoms with Crippen molar-refractivity contribution in [3.8, 4) is 26.7 Å². The van der Waals surface area contributed by atoms with Crippen LogP contribution in [0.15, 0.2) is 59.5 Å². The van der Waals surface area contributed by atoms with Gasteiger partial charge in [-0.2, -0.15) is 5.10 Å². The molecule has 0 fully saturated rings. The lowest BCUT2D eigenvalue weighted by atomic mass is 10.1. The Labute approximate surface area is 203 Å². The maximum Gasteiger partial charge on any atom is 0.175 e. The molecule has 2 aromatic carbocycles. The number of halogens is 1.